The molecule has 0 aliphatic rings. The highest BCUT2D eigenvalue weighted by Crippen LogP contribution is 2.12. The van der Waals surface area contributed by atoms with Gasteiger partial charge in [-0.25, -0.2) is 4.39 Å². The summed E-state index contributed by atoms with van der Waals surface area (Å²) in [5.41, 5.74) is 1.10. The van der Waals surface area contributed by atoms with Crippen LogP contribution in [0.2, 0.25) is 0 Å². The van der Waals surface area contributed by atoms with Gasteiger partial charge >= 0.3 is 0 Å². The molecule has 0 bridgehead atoms. The van der Waals surface area contributed by atoms with Crippen molar-refractivity contribution in [3.05, 3.63) is 65.0 Å². The fourth-order valence-electron chi connectivity index (χ4n) is 2.58. The summed E-state index contributed by atoms with van der Waals surface area (Å²) in [6.45, 7) is 4.49. The van der Waals surface area contributed by atoms with Gasteiger partial charge < -0.3 is 20.7 Å². The molecule has 31 heavy (non-hydrogen) atoms. The molecule has 2 aromatic rings. The lowest BCUT2D eigenvalue weighted by Gasteiger charge is -2.09. The zero-order valence-electron chi connectivity index (χ0n) is 17.8. The number of ether oxygens (including phenoxy) is 1. The molecule has 2 aromatic carbocycles. The fourth-order valence-corrected chi connectivity index (χ4v) is 2.58. The van der Waals surface area contributed by atoms with Gasteiger partial charge in [0.15, 0.2) is 0 Å². The van der Waals surface area contributed by atoms with Gasteiger partial charge in [0, 0.05) is 24.2 Å². The Hall–Kier alpha value is -3.42. The first-order chi connectivity index (χ1) is 14.9. The van der Waals surface area contributed by atoms with Crippen molar-refractivity contribution >= 4 is 17.7 Å². The van der Waals surface area contributed by atoms with E-state index in [4.69, 9.17) is 4.74 Å². The van der Waals surface area contributed by atoms with Crippen molar-refractivity contribution in [2.45, 2.75) is 26.7 Å². The molecule has 3 amide bonds. The fraction of sp³-hybridized carbons (Fsp3) is 0.348. The Kier molecular flexibility index (Phi) is 9.48. The Morgan fingerprint density at radius 2 is 1.55 bits per heavy atom. The van der Waals surface area contributed by atoms with E-state index in [1.807, 2.05) is 0 Å². The van der Waals surface area contributed by atoms with E-state index in [1.165, 1.54) is 18.2 Å². The number of halogens is 1. The van der Waals surface area contributed by atoms with Crippen LogP contribution in [0.25, 0.3) is 0 Å². The van der Waals surface area contributed by atoms with E-state index in [2.05, 4.69) is 22.9 Å². The summed E-state index contributed by atoms with van der Waals surface area (Å²) in [6.07, 6.45) is 2.01. The summed E-state index contributed by atoms with van der Waals surface area (Å²) < 4.78 is 19.1. The predicted molar refractivity (Wildman–Crippen MR) is 116 cm³/mol. The normalized spacial score (nSPS) is 10.3. The maximum Gasteiger partial charge on any atom is 0.251 e. The Bertz CT molecular complexity index is 900. The summed E-state index contributed by atoms with van der Waals surface area (Å²) in [4.78, 5) is 36.0. The molecule has 0 radical (unpaired) electrons. The van der Waals surface area contributed by atoms with Crippen LogP contribution in [0.1, 0.15) is 46.0 Å². The van der Waals surface area contributed by atoms with Gasteiger partial charge in [-0.2, -0.15) is 0 Å². The minimum Gasteiger partial charge on any atom is -0.494 e. The molecule has 7 nitrogen and oxygen atoms in total. The minimum atomic E-state index is -0.449. The molecule has 0 fully saturated rings. The first-order valence-electron chi connectivity index (χ1n) is 10.2. The van der Waals surface area contributed by atoms with E-state index in [1.54, 1.807) is 31.2 Å². The van der Waals surface area contributed by atoms with Crippen LogP contribution in [0.15, 0.2) is 42.5 Å². The maximum absolute atomic E-state index is 13.5. The number of aryl methyl sites for hydroxylation is 1. The highest BCUT2D eigenvalue weighted by molar-refractivity contribution is 5.96. The molecule has 2 rings (SSSR count). The van der Waals surface area contributed by atoms with Crippen LogP contribution >= 0.6 is 0 Å². The van der Waals surface area contributed by atoms with Crippen LogP contribution in [0, 0.1) is 12.7 Å². The van der Waals surface area contributed by atoms with Crippen molar-refractivity contribution in [2.24, 2.45) is 0 Å². The molecule has 0 unspecified atom stereocenters. The third-order valence-electron chi connectivity index (χ3n) is 4.46. The Labute approximate surface area is 181 Å². The molecule has 0 aliphatic heterocycles. The standard InChI is InChI=1S/C23H28FN3O4/c1-3-4-13-31-19-9-7-17(8-10-19)22(29)27-15-21(28)25-11-12-26-23(30)18-6-5-16(2)20(24)14-18/h5-10,14H,3-4,11-13,15H2,1-2H3,(H,25,28)(H,26,30)(H,27,29). The number of hydrogen-bond acceptors (Lipinski definition) is 4. The summed E-state index contributed by atoms with van der Waals surface area (Å²) >= 11 is 0. The lowest BCUT2D eigenvalue weighted by molar-refractivity contribution is -0.120. The third-order valence-corrected chi connectivity index (χ3v) is 4.46. The Morgan fingerprint density at radius 3 is 2.23 bits per heavy atom. The quantitative estimate of drug-likeness (QED) is 0.479. The predicted octanol–water partition coefficient (Wildman–Crippen LogP) is 2.59. The van der Waals surface area contributed by atoms with Gasteiger partial charge in [-0.05, 0) is 55.3 Å². The molecule has 0 aliphatic carbocycles. The Morgan fingerprint density at radius 1 is 0.903 bits per heavy atom. The van der Waals surface area contributed by atoms with Gasteiger partial charge in [-0.3, -0.25) is 14.4 Å². The van der Waals surface area contributed by atoms with Gasteiger partial charge in [-0.15, -0.1) is 0 Å². The number of nitrogens with one attached hydrogen (secondary N) is 3. The molecule has 0 spiro atoms. The smallest absolute Gasteiger partial charge is 0.251 e. The zero-order chi connectivity index (χ0) is 22.6. The van der Waals surface area contributed by atoms with E-state index in [0.29, 0.717) is 23.5 Å². The maximum atomic E-state index is 13.5. The second kappa shape index (κ2) is 12.3. The molecular weight excluding hydrogens is 401 g/mol. The number of rotatable bonds is 11. The lowest BCUT2D eigenvalue weighted by atomic mass is 10.1. The molecule has 166 valence electrons. The van der Waals surface area contributed by atoms with Gasteiger partial charge in [-0.1, -0.05) is 19.4 Å². The van der Waals surface area contributed by atoms with Crippen LogP contribution < -0.4 is 20.7 Å². The van der Waals surface area contributed by atoms with E-state index in [0.717, 1.165) is 12.8 Å². The second-order valence-corrected chi connectivity index (χ2v) is 6.98. The highest BCUT2D eigenvalue weighted by Gasteiger charge is 2.10. The SMILES string of the molecule is CCCCOc1ccc(C(=O)NCC(=O)NCCNC(=O)c2ccc(C)c(F)c2)cc1. The van der Waals surface area contributed by atoms with Gasteiger partial charge in [0.2, 0.25) is 5.91 Å². The van der Waals surface area contributed by atoms with Crippen LogP contribution in [-0.4, -0.2) is 44.0 Å². The number of carbonyl (C=O) groups is 3. The van der Waals surface area contributed by atoms with Crippen molar-refractivity contribution in [3.8, 4) is 5.75 Å². The van der Waals surface area contributed by atoms with Crippen molar-refractivity contribution < 1.29 is 23.5 Å². The lowest BCUT2D eigenvalue weighted by Crippen LogP contribution is -2.40. The topological polar surface area (TPSA) is 96.5 Å². The van der Waals surface area contributed by atoms with Crippen molar-refractivity contribution in [3.63, 3.8) is 0 Å². The van der Waals surface area contributed by atoms with Crippen molar-refractivity contribution in [1.29, 1.82) is 0 Å². The number of benzene rings is 2. The zero-order valence-corrected chi connectivity index (χ0v) is 17.8. The van der Waals surface area contributed by atoms with Crippen molar-refractivity contribution in [1.82, 2.24) is 16.0 Å². The average molecular weight is 429 g/mol. The van der Waals surface area contributed by atoms with Gasteiger partial charge in [0.05, 0.1) is 13.2 Å². The third kappa shape index (κ3) is 8.08. The summed E-state index contributed by atoms with van der Waals surface area (Å²) in [5.74, 6) is -0.939. The van der Waals surface area contributed by atoms with Crippen molar-refractivity contribution in [2.75, 3.05) is 26.2 Å². The van der Waals surface area contributed by atoms with E-state index < -0.39 is 11.7 Å². The summed E-state index contributed by atoms with van der Waals surface area (Å²) in [6, 6.07) is 10.9. The molecule has 8 heteroatoms. The summed E-state index contributed by atoms with van der Waals surface area (Å²) in [7, 11) is 0. The average Bonchev–Trinajstić information content (AvgIpc) is 2.77. The molecule has 0 saturated carbocycles. The van der Waals surface area contributed by atoms with Crippen LogP contribution in [-0.2, 0) is 4.79 Å². The van der Waals surface area contributed by atoms with Crippen LogP contribution in [0.4, 0.5) is 4.39 Å². The van der Waals surface area contributed by atoms with E-state index in [-0.39, 0.29) is 37.0 Å². The number of unbranched alkanes of at least 4 members (excludes halogenated alkanes) is 1. The molecule has 0 heterocycles. The van der Waals surface area contributed by atoms with Crippen LogP contribution in [0.3, 0.4) is 0 Å². The largest absolute Gasteiger partial charge is 0.494 e. The molecule has 0 saturated heterocycles. The monoisotopic (exact) mass is 429 g/mol. The Balaban J connectivity index is 1.65. The number of carbonyl (C=O) groups excluding carboxylic acids is 3. The minimum absolute atomic E-state index is 0.174. The highest BCUT2D eigenvalue weighted by atomic mass is 19.1. The van der Waals surface area contributed by atoms with E-state index in [9.17, 15) is 18.8 Å². The van der Waals surface area contributed by atoms with E-state index >= 15 is 0 Å². The first-order valence-corrected chi connectivity index (χ1v) is 10.2. The number of hydrogen-bond donors (Lipinski definition) is 3. The van der Waals surface area contributed by atoms with Gasteiger partial charge in [0.25, 0.3) is 11.8 Å². The first kappa shape index (κ1) is 23.9. The van der Waals surface area contributed by atoms with Gasteiger partial charge in [0.1, 0.15) is 11.6 Å². The molecular formula is C23H28FN3O4. The van der Waals surface area contributed by atoms with Crippen LogP contribution in [0.5, 0.6) is 5.75 Å². The summed E-state index contributed by atoms with van der Waals surface area (Å²) in [5, 5.41) is 7.72. The molecule has 3 N–H and O–H groups in total. The molecule has 0 atom stereocenters. The molecule has 0 aromatic heterocycles. The second-order valence-electron chi connectivity index (χ2n) is 6.98. The number of amides is 3.